The van der Waals surface area contributed by atoms with E-state index in [1.807, 2.05) is 12.1 Å². The van der Waals surface area contributed by atoms with Crippen LogP contribution in [0.3, 0.4) is 0 Å². The number of benzene rings is 9. The third-order valence-corrected chi connectivity index (χ3v) is 10.2. The molecule has 9 aromatic carbocycles. The van der Waals surface area contributed by atoms with E-state index in [0.717, 1.165) is 50.1 Å². The van der Waals surface area contributed by atoms with Crippen molar-refractivity contribution in [1.29, 1.82) is 0 Å². The molecule has 0 aliphatic heterocycles. The van der Waals surface area contributed by atoms with Gasteiger partial charge in [-0.25, -0.2) is 0 Å². The zero-order valence-electron chi connectivity index (χ0n) is 28.4. The standard InChI is InChI=1S/C50H33NO/c1-2-13-37-31-38(26-25-34(37)11-1)35-27-29-41(30-28-35)51(42-17-7-15-39(32-42)45-21-9-14-36-12-3-4-19-44(36)45)43-18-8-16-40(33-43)46-22-10-24-49-50(46)47-20-5-6-23-48(47)52-49/h1-33H. The number of para-hydroxylation sites is 1. The van der Waals surface area contributed by atoms with Gasteiger partial charge in [0.25, 0.3) is 0 Å². The predicted molar refractivity (Wildman–Crippen MR) is 220 cm³/mol. The van der Waals surface area contributed by atoms with Crippen molar-refractivity contribution in [3.05, 3.63) is 200 Å². The molecule has 2 nitrogen and oxygen atoms in total. The van der Waals surface area contributed by atoms with Crippen molar-refractivity contribution >= 4 is 60.5 Å². The summed E-state index contributed by atoms with van der Waals surface area (Å²) in [5.41, 5.74) is 12.1. The van der Waals surface area contributed by atoms with Crippen LogP contribution in [0.2, 0.25) is 0 Å². The highest BCUT2D eigenvalue weighted by atomic mass is 16.3. The Bertz CT molecular complexity index is 2910. The van der Waals surface area contributed by atoms with Gasteiger partial charge in [0.1, 0.15) is 11.2 Å². The van der Waals surface area contributed by atoms with Crippen LogP contribution in [0.5, 0.6) is 0 Å². The second kappa shape index (κ2) is 12.5. The van der Waals surface area contributed by atoms with Gasteiger partial charge in [-0.05, 0) is 110 Å². The lowest BCUT2D eigenvalue weighted by Gasteiger charge is -2.27. The minimum atomic E-state index is 0.896. The molecule has 52 heavy (non-hydrogen) atoms. The van der Waals surface area contributed by atoms with Crippen molar-refractivity contribution in [1.82, 2.24) is 0 Å². The van der Waals surface area contributed by atoms with Crippen LogP contribution in [-0.2, 0) is 0 Å². The second-order valence-corrected chi connectivity index (χ2v) is 13.3. The van der Waals surface area contributed by atoms with E-state index >= 15 is 0 Å². The number of hydrogen-bond donors (Lipinski definition) is 0. The van der Waals surface area contributed by atoms with E-state index in [4.69, 9.17) is 4.42 Å². The van der Waals surface area contributed by atoms with Gasteiger partial charge in [0.2, 0.25) is 0 Å². The van der Waals surface area contributed by atoms with Crippen LogP contribution in [0.15, 0.2) is 205 Å². The van der Waals surface area contributed by atoms with E-state index in [9.17, 15) is 0 Å². The Morgan fingerprint density at radius 2 is 0.885 bits per heavy atom. The van der Waals surface area contributed by atoms with Crippen molar-refractivity contribution in [3.63, 3.8) is 0 Å². The van der Waals surface area contributed by atoms with E-state index in [1.54, 1.807) is 0 Å². The van der Waals surface area contributed by atoms with Crippen LogP contribution in [0.1, 0.15) is 0 Å². The molecule has 0 aliphatic rings. The molecule has 0 fully saturated rings. The van der Waals surface area contributed by atoms with E-state index in [0.29, 0.717) is 0 Å². The van der Waals surface area contributed by atoms with Gasteiger partial charge >= 0.3 is 0 Å². The zero-order valence-corrected chi connectivity index (χ0v) is 28.4. The minimum Gasteiger partial charge on any atom is -0.456 e. The smallest absolute Gasteiger partial charge is 0.136 e. The topological polar surface area (TPSA) is 16.4 Å². The SMILES string of the molecule is c1cc(-c2cccc3ccccc23)cc(N(c2ccc(-c3ccc4ccccc4c3)cc2)c2cccc(-c3cccc4oc5ccccc5c34)c2)c1. The predicted octanol–water partition coefficient (Wildman–Crippen LogP) is 14.4. The quantitative estimate of drug-likeness (QED) is 0.176. The molecule has 0 saturated carbocycles. The summed E-state index contributed by atoms with van der Waals surface area (Å²) >= 11 is 0. The molecule has 2 heteroatoms. The lowest BCUT2D eigenvalue weighted by molar-refractivity contribution is 0.669. The van der Waals surface area contributed by atoms with Gasteiger partial charge in [-0.1, -0.05) is 146 Å². The molecule has 10 aromatic rings. The minimum absolute atomic E-state index is 0.896. The van der Waals surface area contributed by atoms with Gasteiger partial charge in [0, 0.05) is 27.8 Å². The fourth-order valence-corrected chi connectivity index (χ4v) is 7.74. The molecule has 0 bridgehead atoms. The average Bonchev–Trinajstić information content (AvgIpc) is 3.60. The van der Waals surface area contributed by atoms with E-state index in [-0.39, 0.29) is 0 Å². The summed E-state index contributed by atoms with van der Waals surface area (Å²) in [5.74, 6) is 0. The van der Waals surface area contributed by atoms with Crippen molar-refractivity contribution in [2.45, 2.75) is 0 Å². The summed E-state index contributed by atoms with van der Waals surface area (Å²) in [6.45, 7) is 0. The maximum absolute atomic E-state index is 6.28. The molecule has 244 valence electrons. The van der Waals surface area contributed by atoms with Crippen LogP contribution < -0.4 is 4.90 Å². The maximum Gasteiger partial charge on any atom is 0.136 e. The molecule has 1 aromatic heterocycles. The number of hydrogen-bond acceptors (Lipinski definition) is 2. The fourth-order valence-electron chi connectivity index (χ4n) is 7.74. The largest absolute Gasteiger partial charge is 0.456 e. The Morgan fingerprint density at radius 1 is 0.308 bits per heavy atom. The summed E-state index contributed by atoms with van der Waals surface area (Å²) in [6, 6.07) is 71.8. The average molecular weight is 664 g/mol. The summed E-state index contributed by atoms with van der Waals surface area (Å²) in [4.78, 5) is 2.37. The first kappa shape index (κ1) is 30.0. The van der Waals surface area contributed by atoms with Crippen LogP contribution in [0, 0.1) is 0 Å². The molecule has 1 heterocycles. The Labute approximate surface area is 302 Å². The monoisotopic (exact) mass is 663 g/mol. The Kier molecular flexibility index (Phi) is 7.18. The first-order valence-corrected chi connectivity index (χ1v) is 17.8. The summed E-state index contributed by atoms with van der Waals surface area (Å²) in [5, 5.41) is 7.24. The number of anilines is 3. The van der Waals surface area contributed by atoms with Gasteiger partial charge in [-0.3, -0.25) is 0 Å². The Hall–Kier alpha value is -6.90. The van der Waals surface area contributed by atoms with E-state index in [1.165, 1.54) is 43.8 Å². The highest BCUT2D eigenvalue weighted by molar-refractivity contribution is 6.12. The third-order valence-electron chi connectivity index (χ3n) is 10.2. The van der Waals surface area contributed by atoms with Gasteiger partial charge < -0.3 is 9.32 Å². The molecule has 10 rings (SSSR count). The molecule has 0 saturated heterocycles. The molecule has 0 spiro atoms. The van der Waals surface area contributed by atoms with Gasteiger partial charge in [0.05, 0.1) is 0 Å². The summed E-state index contributed by atoms with van der Waals surface area (Å²) < 4.78 is 6.28. The Morgan fingerprint density at radius 3 is 1.69 bits per heavy atom. The molecule has 0 atom stereocenters. The molecular formula is C50H33NO. The van der Waals surface area contributed by atoms with Crippen molar-refractivity contribution in [2.24, 2.45) is 0 Å². The number of furan rings is 1. The first-order chi connectivity index (χ1) is 25.8. The molecule has 0 aliphatic carbocycles. The van der Waals surface area contributed by atoms with E-state index < -0.39 is 0 Å². The van der Waals surface area contributed by atoms with Crippen molar-refractivity contribution in [3.8, 4) is 33.4 Å². The van der Waals surface area contributed by atoms with Crippen molar-refractivity contribution < 1.29 is 4.42 Å². The van der Waals surface area contributed by atoms with Gasteiger partial charge in [0.15, 0.2) is 0 Å². The molecule has 0 unspecified atom stereocenters. The lowest BCUT2D eigenvalue weighted by Crippen LogP contribution is -2.10. The highest BCUT2D eigenvalue weighted by Crippen LogP contribution is 2.42. The number of rotatable bonds is 6. The molecule has 0 radical (unpaired) electrons. The second-order valence-electron chi connectivity index (χ2n) is 13.3. The summed E-state index contributed by atoms with van der Waals surface area (Å²) in [6.07, 6.45) is 0. The van der Waals surface area contributed by atoms with Crippen LogP contribution in [0.4, 0.5) is 17.1 Å². The molecular weight excluding hydrogens is 631 g/mol. The van der Waals surface area contributed by atoms with E-state index in [2.05, 4.69) is 193 Å². The summed E-state index contributed by atoms with van der Waals surface area (Å²) in [7, 11) is 0. The Balaban J connectivity index is 1.13. The van der Waals surface area contributed by atoms with Gasteiger partial charge in [-0.2, -0.15) is 0 Å². The van der Waals surface area contributed by atoms with Crippen LogP contribution in [0.25, 0.3) is 76.9 Å². The zero-order chi connectivity index (χ0) is 34.4. The fraction of sp³-hybridized carbons (Fsp3) is 0. The highest BCUT2D eigenvalue weighted by Gasteiger charge is 2.17. The van der Waals surface area contributed by atoms with Gasteiger partial charge in [-0.15, -0.1) is 0 Å². The van der Waals surface area contributed by atoms with Crippen LogP contribution in [-0.4, -0.2) is 0 Å². The maximum atomic E-state index is 6.28. The van der Waals surface area contributed by atoms with Crippen LogP contribution >= 0.6 is 0 Å². The lowest BCUT2D eigenvalue weighted by atomic mass is 9.97. The third kappa shape index (κ3) is 5.21. The number of nitrogens with zero attached hydrogens (tertiary/aromatic N) is 1. The molecule has 0 amide bonds. The first-order valence-electron chi connectivity index (χ1n) is 17.8. The molecule has 0 N–H and O–H groups in total. The van der Waals surface area contributed by atoms with Crippen molar-refractivity contribution in [2.75, 3.05) is 4.90 Å². The number of fused-ring (bicyclic) bond motifs is 5. The normalized spacial score (nSPS) is 11.5.